The molecule has 2 aliphatic rings. The molecule has 0 aliphatic carbocycles. The van der Waals surface area contributed by atoms with Crippen LogP contribution in [0.4, 0.5) is 0 Å². The molecule has 0 unspecified atom stereocenters. The lowest BCUT2D eigenvalue weighted by Crippen LogP contribution is -2.44. The second kappa shape index (κ2) is 13.6. The van der Waals surface area contributed by atoms with Gasteiger partial charge in [-0.1, -0.05) is 36.4 Å². The number of piperidine rings is 2. The third kappa shape index (κ3) is 7.17. The Morgan fingerprint density at radius 2 is 1.81 bits per heavy atom. The molecule has 0 radical (unpaired) electrons. The number of hydrogen-bond acceptors (Lipinski definition) is 6. The smallest absolute Gasteiger partial charge is 0.225 e. The normalized spacial score (nSPS) is 16.9. The molecule has 8 heteroatoms. The SMILES string of the molecule is COc1ccccc1-c1ccc2cc(CC(=O)NC3CCN(Cc4ccc(OC5CCNCC5)c(Br)c4)CC3)sc2c1. The predicted octanol–water partition coefficient (Wildman–Crippen LogP) is 6.79. The summed E-state index contributed by atoms with van der Waals surface area (Å²) in [4.78, 5) is 16.5. The van der Waals surface area contributed by atoms with Crippen LogP contribution in [0, 0.1) is 0 Å². The highest BCUT2D eigenvalue weighted by Gasteiger charge is 2.22. The fourth-order valence-electron chi connectivity index (χ4n) is 5.99. The third-order valence-corrected chi connectivity index (χ3v) is 9.98. The van der Waals surface area contributed by atoms with Crippen LogP contribution in [0.2, 0.25) is 0 Å². The number of halogens is 1. The highest BCUT2D eigenvalue weighted by molar-refractivity contribution is 9.10. The van der Waals surface area contributed by atoms with Gasteiger partial charge in [0.2, 0.25) is 5.91 Å². The largest absolute Gasteiger partial charge is 0.496 e. The van der Waals surface area contributed by atoms with Gasteiger partial charge in [0.05, 0.1) is 18.0 Å². The maximum absolute atomic E-state index is 13.0. The average Bonchev–Trinajstić information content (AvgIpc) is 3.41. The molecular formula is C34H38BrN3O3S. The first-order chi connectivity index (χ1) is 20.5. The van der Waals surface area contributed by atoms with Crippen molar-refractivity contribution in [2.75, 3.05) is 33.3 Å². The zero-order chi connectivity index (χ0) is 28.9. The number of ether oxygens (including phenoxy) is 2. The van der Waals surface area contributed by atoms with E-state index in [1.165, 1.54) is 15.6 Å². The van der Waals surface area contributed by atoms with Crippen LogP contribution in [0.3, 0.4) is 0 Å². The summed E-state index contributed by atoms with van der Waals surface area (Å²) in [6.07, 6.45) is 4.75. The summed E-state index contributed by atoms with van der Waals surface area (Å²) in [5.74, 6) is 1.91. The van der Waals surface area contributed by atoms with E-state index in [1.807, 2.05) is 18.2 Å². The van der Waals surface area contributed by atoms with Crippen LogP contribution in [0.15, 0.2) is 71.2 Å². The molecule has 3 heterocycles. The molecule has 0 saturated carbocycles. The van der Waals surface area contributed by atoms with Gasteiger partial charge in [0.1, 0.15) is 17.6 Å². The maximum Gasteiger partial charge on any atom is 0.225 e. The number of thiophene rings is 1. The molecule has 0 bridgehead atoms. The van der Waals surface area contributed by atoms with Gasteiger partial charge in [-0.3, -0.25) is 9.69 Å². The molecule has 2 fully saturated rings. The fourth-order valence-corrected chi connectivity index (χ4v) is 7.61. The highest BCUT2D eigenvalue weighted by Crippen LogP contribution is 2.35. The van der Waals surface area contributed by atoms with Gasteiger partial charge in [0.15, 0.2) is 0 Å². The number of methoxy groups -OCH3 is 1. The van der Waals surface area contributed by atoms with Crippen molar-refractivity contribution in [2.45, 2.75) is 50.8 Å². The molecule has 0 atom stereocenters. The minimum Gasteiger partial charge on any atom is -0.496 e. The number of nitrogens with zero attached hydrogens (tertiary/aromatic N) is 1. The predicted molar refractivity (Wildman–Crippen MR) is 175 cm³/mol. The molecule has 2 saturated heterocycles. The van der Waals surface area contributed by atoms with Crippen molar-refractivity contribution in [2.24, 2.45) is 0 Å². The minimum absolute atomic E-state index is 0.109. The molecule has 6 rings (SSSR count). The van der Waals surface area contributed by atoms with Crippen molar-refractivity contribution in [3.8, 4) is 22.6 Å². The van der Waals surface area contributed by atoms with Crippen molar-refractivity contribution < 1.29 is 14.3 Å². The van der Waals surface area contributed by atoms with Crippen molar-refractivity contribution >= 4 is 43.3 Å². The van der Waals surface area contributed by atoms with Crippen LogP contribution in [-0.2, 0) is 17.8 Å². The number of carbonyl (C=O) groups excluding carboxylic acids is 1. The summed E-state index contributed by atoms with van der Waals surface area (Å²) in [7, 11) is 1.70. The lowest BCUT2D eigenvalue weighted by molar-refractivity contribution is -0.121. The lowest BCUT2D eigenvalue weighted by atomic mass is 10.0. The van der Waals surface area contributed by atoms with E-state index in [0.717, 1.165) is 90.4 Å². The van der Waals surface area contributed by atoms with E-state index in [2.05, 4.69) is 80.0 Å². The van der Waals surface area contributed by atoms with E-state index in [1.54, 1.807) is 18.4 Å². The summed E-state index contributed by atoms with van der Waals surface area (Å²) < 4.78 is 14.0. The Bertz CT molecular complexity index is 1530. The zero-order valence-corrected chi connectivity index (χ0v) is 26.4. The topological polar surface area (TPSA) is 62.8 Å². The van der Waals surface area contributed by atoms with Crippen LogP contribution >= 0.6 is 27.3 Å². The van der Waals surface area contributed by atoms with E-state index >= 15 is 0 Å². The Balaban J connectivity index is 0.982. The van der Waals surface area contributed by atoms with Crippen LogP contribution in [0.25, 0.3) is 21.2 Å². The summed E-state index contributed by atoms with van der Waals surface area (Å²) in [5, 5.41) is 7.86. The molecule has 2 N–H and O–H groups in total. The number of carbonyl (C=O) groups is 1. The Morgan fingerprint density at radius 1 is 1.00 bits per heavy atom. The monoisotopic (exact) mass is 647 g/mol. The van der Waals surface area contributed by atoms with Gasteiger partial charge in [-0.15, -0.1) is 11.3 Å². The van der Waals surface area contributed by atoms with Crippen molar-refractivity contribution in [3.05, 3.63) is 81.6 Å². The fraction of sp³-hybridized carbons (Fsp3) is 0.382. The Hall–Kier alpha value is -2.91. The Kier molecular flexibility index (Phi) is 9.44. The number of fused-ring (bicyclic) bond motifs is 1. The van der Waals surface area contributed by atoms with Gasteiger partial charge < -0.3 is 20.1 Å². The Labute approximate surface area is 260 Å². The number of amides is 1. The van der Waals surface area contributed by atoms with Gasteiger partial charge in [-0.05, 0) is 102 Å². The number of likely N-dealkylation sites (tertiary alicyclic amines) is 1. The molecule has 1 aromatic heterocycles. The van der Waals surface area contributed by atoms with Gasteiger partial charge in [-0.2, -0.15) is 0 Å². The summed E-state index contributed by atoms with van der Waals surface area (Å²) in [6.45, 7) is 4.91. The quantitative estimate of drug-likeness (QED) is 0.209. The first-order valence-electron chi connectivity index (χ1n) is 14.9. The molecule has 1 amide bonds. The molecular weight excluding hydrogens is 610 g/mol. The van der Waals surface area contributed by atoms with Gasteiger partial charge >= 0.3 is 0 Å². The number of hydrogen-bond donors (Lipinski definition) is 2. The van der Waals surface area contributed by atoms with Gasteiger partial charge in [-0.25, -0.2) is 0 Å². The van der Waals surface area contributed by atoms with Crippen LogP contribution < -0.4 is 20.1 Å². The van der Waals surface area contributed by atoms with E-state index < -0.39 is 0 Å². The minimum atomic E-state index is 0.109. The molecule has 42 heavy (non-hydrogen) atoms. The van der Waals surface area contributed by atoms with E-state index in [0.29, 0.717) is 12.5 Å². The lowest BCUT2D eigenvalue weighted by Gasteiger charge is -2.32. The second-order valence-electron chi connectivity index (χ2n) is 11.3. The standard InChI is InChI=1S/C34H38BrN3O3S/c1-40-31-5-3-2-4-29(31)24-7-8-25-19-28(42-33(25)20-24)21-34(39)37-26-12-16-38(17-13-26)22-23-6-9-32(30(35)18-23)41-27-10-14-36-15-11-27/h2-9,18-20,26-27,36H,10-17,21-22H2,1H3,(H,37,39). The summed E-state index contributed by atoms with van der Waals surface area (Å²) in [6, 6.07) is 23.4. The van der Waals surface area contributed by atoms with E-state index in [4.69, 9.17) is 9.47 Å². The Morgan fingerprint density at radius 3 is 2.60 bits per heavy atom. The maximum atomic E-state index is 13.0. The molecule has 0 spiro atoms. The van der Waals surface area contributed by atoms with Gasteiger partial charge in [0.25, 0.3) is 0 Å². The highest BCUT2D eigenvalue weighted by atomic mass is 79.9. The zero-order valence-electron chi connectivity index (χ0n) is 24.0. The van der Waals surface area contributed by atoms with Crippen LogP contribution in [0.5, 0.6) is 11.5 Å². The number of para-hydroxylation sites is 1. The number of rotatable bonds is 9. The molecule has 3 aromatic carbocycles. The van der Waals surface area contributed by atoms with E-state index in [9.17, 15) is 4.79 Å². The van der Waals surface area contributed by atoms with Crippen LogP contribution in [-0.4, -0.2) is 56.2 Å². The van der Waals surface area contributed by atoms with E-state index in [-0.39, 0.29) is 11.9 Å². The molecule has 4 aromatic rings. The van der Waals surface area contributed by atoms with Crippen LogP contribution in [0.1, 0.15) is 36.1 Å². The second-order valence-corrected chi connectivity index (χ2v) is 13.3. The first-order valence-corrected chi connectivity index (χ1v) is 16.5. The third-order valence-electron chi connectivity index (χ3n) is 8.26. The van der Waals surface area contributed by atoms with Gasteiger partial charge in [0, 0.05) is 40.8 Å². The van der Waals surface area contributed by atoms with Crippen molar-refractivity contribution in [1.82, 2.24) is 15.5 Å². The number of benzene rings is 3. The average molecular weight is 649 g/mol. The summed E-state index contributed by atoms with van der Waals surface area (Å²) >= 11 is 5.42. The molecule has 6 nitrogen and oxygen atoms in total. The van der Waals surface area contributed by atoms with Crippen molar-refractivity contribution in [3.63, 3.8) is 0 Å². The van der Waals surface area contributed by atoms with Crippen molar-refractivity contribution in [1.29, 1.82) is 0 Å². The molecule has 2 aliphatic heterocycles. The number of nitrogens with one attached hydrogen (secondary N) is 2. The first kappa shape index (κ1) is 29.2. The summed E-state index contributed by atoms with van der Waals surface area (Å²) in [5.41, 5.74) is 3.48. The molecule has 220 valence electrons.